The van der Waals surface area contributed by atoms with Gasteiger partial charge in [0.2, 0.25) is 0 Å². The van der Waals surface area contributed by atoms with Crippen molar-refractivity contribution in [2.75, 3.05) is 19.8 Å². The highest BCUT2D eigenvalue weighted by Crippen LogP contribution is 2.66. The highest BCUT2D eigenvalue weighted by molar-refractivity contribution is 6.74. The maximum Gasteiger partial charge on any atom is 0.258 e. The summed E-state index contributed by atoms with van der Waals surface area (Å²) < 4.78 is 24.9. The number of benzene rings is 1. The van der Waals surface area contributed by atoms with Gasteiger partial charge in [-0.15, -0.1) is 0 Å². The van der Waals surface area contributed by atoms with Crippen LogP contribution in [-0.2, 0) is 9.22 Å². The van der Waals surface area contributed by atoms with E-state index in [1.807, 2.05) is 0 Å². The second-order valence-electron chi connectivity index (χ2n) is 9.30. The molecule has 0 bridgehead atoms. The van der Waals surface area contributed by atoms with Gasteiger partial charge >= 0.3 is 0 Å². The molecule has 0 aliphatic heterocycles. The minimum Gasteiger partial charge on any atom is -0.484 e. The van der Waals surface area contributed by atoms with Crippen LogP contribution in [0.3, 0.4) is 0 Å². The van der Waals surface area contributed by atoms with Crippen molar-refractivity contribution in [3.8, 4) is 5.75 Å². The van der Waals surface area contributed by atoms with Crippen LogP contribution in [0.2, 0.25) is 23.2 Å². The van der Waals surface area contributed by atoms with Crippen molar-refractivity contribution >= 4 is 25.8 Å². The van der Waals surface area contributed by atoms with Crippen molar-refractivity contribution in [2.45, 2.75) is 56.9 Å². The molecule has 8 heteroatoms. The van der Waals surface area contributed by atoms with Gasteiger partial charge in [0.25, 0.3) is 5.91 Å². The summed E-state index contributed by atoms with van der Waals surface area (Å²) in [5, 5.41) is 6.78. The zero-order valence-corrected chi connectivity index (χ0v) is 19.0. The van der Waals surface area contributed by atoms with E-state index in [9.17, 15) is 9.18 Å². The van der Waals surface area contributed by atoms with E-state index in [1.165, 1.54) is 12.1 Å². The molecule has 0 aromatic heterocycles. The summed E-state index contributed by atoms with van der Waals surface area (Å²) in [5.74, 6) is 0.0268. The van der Waals surface area contributed by atoms with Crippen molar-refractivity contribution in [1.82, 2.24) is 10.6 Å². The molecule has 3 rings (SSSR count). The van der Waals surface area contributed by atoms with Crippen LogP contribution in [0.15, 0.2) is 18.2 Å². The van der Waals surface area contributed by atoms with Gasteiger partial charge in [0.05, 0.1) is 10.6 Å². The Hall–Kier alpha value is -1.15. The van der Waals surface area contributed by atoms with E-state index in [0.29, 0.717) is 18.6 Å². The lowest BCUT2D eigenvalue weighted by molar-refractivity contribution is -0.123. The van der Waals surface area contributed by atoms with Crippen molar-refractivity contribution < 1.29 is 18.3 Å². The number of hydrogen-bond acceptors (Lipinski definition) is 4. The van der Waals surface area contributed by atoms with Crippen LogP contribution in [0, 0.1) is 11.7 Å². The summed E-state index contributed by atoms with van der Waals surface area (Å²) in [4.78, 5) is 12.2. The summed E-state index contributed by atoms with van der Waals surface area (Å²) in [6.07, 6.45) is 0.995. The van der Waals surface area contributed by atoms with Crippen molar-refractivity contribution in [3.05, 3.63) is 29.0 Å². The van der Waals surface area contributed by atoms with Crippen molar-refractivity contribution in [1.29, 1.82) is 0 Å². The van der Waals surface area contributed by atoms with Gasteiger partial charge in [-0.3, -0.25) is 4.79 Å². The Labute approximate surface area is 172 Å². The molecular weight excluding hydrogens is 399 g/mol. The van der Waals surface area contributed by atoms with Crippen molar-refractivity contribution in [3.63, 3.8) is 0 Å². The summed E-state index contributed by atoms with van der Waals surface area (Å²) in [7, 11) is -1.72. The first kappa shape index (κ1) is 21.6. The second-order valence-corrected chi connectivity index (χ2v) is 14.5. The highest BCUT2D eigenvalue weighted by atomic mass is 35.5. The summed E-state index contributed by atoms with van der Waals surface area (Å²) in [6.45, 7) is 12.5. The minimum atomic E-state index is -1.72. The fourth-order valence-electron chi connectivity index (χ4n) is 3.20. The first-order valence-corrected chi connectivity index (χ1v) is 13.0. The Kier molecular flexibility index (Phi) is 5.84. The number of nitrogens with one attached hydrogen (secondary N) is 2. The quantitative estimate of drug-likeness (QED) is 0.464. The summed E-state index contributed by atoms with van der Waals surface area (Å²) in [6, 6.07) is 4.44. The minimum absolute atomic E-state index is 0.0287. The number of hydrogen-bond donors (Lipinski definition) is 2. The van der Waals surface area contributed by atoms with Gasteiger partial charge in [-0.05, 0) is 36.7 Å². The number of amides is 1. The van der Waals surface area contributed by atoms with Gasteiger partial charge in [0.1, 0.15) is 11.6 Å². The van der Waals surface area contributed by atoms with Gasteiger partial charge in [-0.1, -0.05) is 32.4 Å². The maximum atomic E-state index is 13.4. The predicted octanol–water partition coefficient (Wildman–Crippen LogP) is 3.73. The average molecular weight is 429 g/mol. The zero-order valence-electron chi connectivity index (χ0n) is 17.2. The van der Waals surface area contributed by atoms with Crippen LogP contribution in [0.5, 0.6) is 5.75 Å². The summed E-state index contributed by atoms with van der Waals surface area (Å²) in [5.41, 5.74) is -0.122. The number of fused-ring (bicyclic) bond motifs is 1. The molecule has 5 nitrogen and oxygen atoms in total. The van der Waals surface area contributed by atoms with Gasteiger partial charge in [-0.25, -0.2) is 4.39 Å². The van der Waals surface area contributed by atoms with Crippen LogP contribution in [0.4, 0.5) is 4.39 Å². The smallest absolute Gasteiger partial charge is 0.258 e. The third-order valence-corrected chi connectivity index (χ3v) is 11.1. The molecule has 1 aromatic rings. The topological polar surface area (TPSA) is 59.6 Å². The van der Waals surface area contributed by atoms with Crippen LogP contribution in [0.1, 0.15) is 27.2 Å². The zero-order chi connectivity index (χ0) is 20.7. The normalized spacial score (nSPS) is 25.8. The number of carbonyl (C=O) groups excluding carboxylic acids is 1. The molecule has 2 aliphatic rings. The fourth-order valence-corrected chi connectivity index (χ4v) is 4.36. The van der Waals surface area contributed by atoms with E-state index in [4.69, 9.17) is 20.8 Å². The van der Waals surface area contributed by atoms with E-state index < -0.39 is 14.1 Å². The molecule has 2 fully saturated rings. The molecule has 0 spiro atoms. The van der Waals surface area contributed by atoms with Crippen LogP contribution < -0.4 is 15.4 Å². The van der Waals surface area contributed by atoms with Gasteiger partial charge in [0, 0.05) is 31.2 Å². The van der Waals surface area contributed by atoms with Crippen molar-refractivity contribution in [2.24, 2.45) is 5.92 Å². The Bertz CT molecular complexity index is 755. The van der Waals surface area contributed by atoms with Crippen LogP contribution in [0.25, 0.3) is 0 Å². The maximum absolute atomic E-state index is 13.4. The fraction of sp³-hybridized carbons (Fsp3) is 0.650. The number of ether oxygens (including phenoxy) is 1. The first-order chi connectivity index (χ1) is 13.0. The third kappa shape index (κ3) is 4.53. The van der Waals surface area contributed by atoms with E-state index in [2.05, 4.69) is 44.5 Å². The Balaban J connectivity index is 1.35. The molecule has 156 valence electrons. The van der Waals surface area contributed by atoms with E-state index in [1.54, 1.807) is 6.07 Å². The SMILES string of the molecule is CC(C)(C)[Si](C)(C)OCCNC1C2CC21NC(=O)COc1ccc(Cl)c(F)c1. The molecule has 2 aliphatic carbocycles. The molecule has 2 N–H and O–H groups in total. The Morgan fingerprint density at radius 1 is 1.39 bits per heavy atom. The average Bonchev–Trinajstić information content (AvgIpc) is 3.44. The van der Waals surface area contributed by atoms with E-state index in [0.717, 1.165) is 13.0 Å². The number of halogens is 2. The van der Waals surface area contributed by atoms with Crippen LogP contribution in [-0.4, -0.2) is 45.6 Å². The Morgan fingerprint density at radius 2 is 2.11 bits per heavy atom. The second kappa shape index (κ2) is 7.59. The molecule has 3 atom stereocenters. The van der Waals surface area contributed by atoms with Gasteiger partial charge < -0.3 is 19.8 Å². The lowest BCUT2D eigenvalue weighted by Gasteiger charge is -2.36. The number of carbonyl (C=O) groups is 1. The standard InChI is InChI=1S/C20H30ClFN2O3Si/c1-19(2,3)28(4,5)27-9-8-23-18-14-11-20(14,18)24-17(25)12-26-13-6-7-15(21)16(22)10-13/h6-7,10,14,18,23H,8-9,11-12H2,1-5H3,(H,24,25). The molecule has 1 amide bonds. The molecular formula is C20H30ClFN2O3Si. The lowest BCUT2D eigenvalue weighted by atomic mass is 10.2. The molecule has 2 saturated carbocycles. The lowest BCUT2D eigenvalue weighted by Crippen LogP contribution is -2.45. The molecule has 0 radical (unpaired) electrons. The molecule has 3 unspecified atom stereocenters. The van der Waals surface area contributed by atoms with Gasteiger partial charge in [-0.2, -0.15) is 0 Å². The third-order valence-electron chi connectivity index (χ3n) is 6.28. The van der Waals surface area contributed by atoms with Gasteiger partial charge in [0.15, 0.2) is 14.9 Å². The van der Waals surface area contributed by atoms with E-state index in [-0.39, 0.29) is 33.9 Å². The molecule has 1 aromatic carbocycles. The molecule has 28 heavy (non-hydrogen) atoms. The van der Waals surface area contributed by atoms with E-state index >= 15 is 0 Å². The predicted molar refractivity (Wildman–Crippen MR) is 111 cm³/mol. The number of rotatable bonds is 9. The largest absolute Gasteiger partial charge is 0.484 e. The monoisotopic (exact) mass is 428 g/mol. The summed E-state index contributed by atoms with van der Waals surface area (Å²) >= 11 is 5.64. The molecule has 0 heterocycles. The molecule has 0 saturated heterocycles. The Morgan fingerprint density at radius 3 is 2.71 bits per heavy atom. The first-order valence-electron chi connectivity index (χ1n) is 9.72. The highest BCUT2D eigenvalue weighted by Gasteiger charge is 2.79. The van der Waals surface area contributed by atoms with Crippen LogP contribution >= 0.6 is 11.6 Å².